The predicted octanol–water partition coefficient (Wildman–Crippen LogP) is 0.753. The molecule has 1 heterocycles. The molecule has 0 unspecified atom stereocenters. The van der Waals surface area contributed by atoms with E-state index in [9.17, 15) is 0 Å². The molecule has 0 fully saturated rings. The molecule has 0 aromatic carbocycles. The van der Waals surface area contributed by atoms with E-state index in [-0.39, 0.29) is 5.84 Å². The maximum atomic E-state index is 8.39. The highest BCUT2D eigenvalue weighted by molar-refractivity contribution is 5.79. The molecule has 0 radical (unpaired) electrons. The zero-order chi connectivity index (χ0) is 9.84. The zero-order valence-corrected chi connectivity index (χ0v) is 7.81. The molecule has 0 bridgehead atoms. The Balaban J connectivity index is 2.82. The maximum Gasteiger partial charge on any atom is 0.159 e. The van der Waals surface area contributed by atoms with Crippen molar-refractivity contribution in [2.45, 2.75) is 26.3 Å². The van der Waals surface area contributed by atoms with Gasteiger partial charge in [0, 0.05) is 18.3 Å². The van der Waals surface area contributed by atoms with Crippen molar-refractivity contribution in [3.63, 3.8) is 0 Å². The van der Waals surface area contributed by atoms with Gasteiger partial charge in [-0.25, -0.2) is 4.98 Å². The Morgan fingerprint density at radius 1 is 1.77 bits per heavy atom. The van der Waals surface area contributed by atoms with Crippen LogP contribution in [0.1, 0.15) is 25.6 Å². The van der Waals surface area contributed by atoms with Gasteiger partial charge in [0.2, 0.25) is 0 Å². The number of rotatable bonds is 3. The Morgan fingerprint density at radius 3 is 3.00 bits per heavy atom. The van der Waals surface area contributed by atoms with Crippen LogP contribution < -0.4 is 5.73 Å². The number of hydrogen-bond acceptors (Lipinski definition) is 3. The van der Waals surface area contributed by atoms with E-state index in [1.165, 1.54) is 0 Å². The summed E-state index contributed by atoms with van der Waals surface area (Å²) in [6.07, 6.45) is 3.52. The van der Waals surface area contributed by atoms with Gasteiger partial charge in [0.1, 0.15) is 5.82 Å². The van der Waals surface area contributed by atoms with E-state index in [1.54, 1.807) is 6.20 Å². The van der Waals surface area contributed by atoms with Gasteiger partial charge in [-0.15, -0.1) is 0 Å². The van der Waals surface area contributed by atoms with Crippen LogP contribution in [0.2, 0.25) is 0 Å². The number of imidazole rings is 1. The minimum Gasteiger partial charge on any atom is -0.409 e. The van der Waals surface area contributed by atoms with Crippen LogP contribution in [0.5, 0.6) is 0 Å². The lowest BCUT2D eigenvalue weighted by atomic mass is 10.2. The van der Waals surface area contributed by atoms with E-state index in [0.717, 1.165) is 5.82 Å². The van der Waals surface area contributed by atoms with Gasteiger partial charge in [0.15, 0.2) is 5.84 Å². The number of amidine groups is 1. The lowest BCUT2D eigenvalue weighted by Gasteiger charge is -2.08. The van der Waals surface area contributed by atoms with Crippen LogP contribution in [0.4, 0.5) is 0 Å². The molecular weight excluding hydrogens is 168 g/mol. The number of nitrogens with two attached hydrogens (primary N) is 1. The first-order chi connectivity index (χ1) is 6.15. The summed E-state index contributed by atoms with van der Waals surface area (Å²) in [6.45, 7) is 4.47. The zero-order valence-electron chi connectivity index (χ0n) is 7.81. The fourth-order valence-electron chi connectivity index (χ4n) is 1.16. The first-order valence-corrected chi connectivity index (χ1v) is 4.12. The Bertz CT molecular complexity index is 303. The molecule has 0 spiro atoms. The molecule has 0 saturated carbocycles. The third-order valence-electron chi connectivity index (χ3n) is 1.72. The van der Waals surface area contributed by atoms with Gasteiger partial charge >= 0.3 is 0 Å². The van der Waals surface area contributed by atoms with Crippen molar-refractivity contribution in [2.24, 2.45) is 10.9 Å². The SMILES string of the molecule is CC(C)c1nccn1C/C(N)=N/O. The summed E-state index contributed by atoms with van der Waals surface area (Å²) in [4.78, 5) is 4.17. The standard InChI is InChI=1S/C8H14N4O/c1-6(2)8-10-3-4-12(8)5-7(9)11-13/h3-4,6,13H,5H2,1-2H3,(H2,9,11). The molecule has 1 aromatic heterocycles. The van der Waals surface area contributed by atoms with Crippen LogP contribution in [-0.4, -0.2) is 20.6 Å². The van der Waals surface area contributed by atoms with E-state index in [2.05, 4.69) is 10.1 Å². The van der Waals surface area contributed by atoms with Crippen LogP contribution in [-0.2, 0) is 6.54 Å². The molecule has 0 saturated heterocycles. The quantitative estimate of drug-likeness (QED) is 0.313. The Labute approximate surface area is 76.9 Å². The highest BCUT2D eigenvalue weighted by atomic mass is 16.4. The highest BCUT2D eigenvalue weighted by Gasteiger charge is 2.07. The van der Waals surface area contributed by atoms with Crippen LogP contribution in [0.15, 0.2) is 17.5 Å². The van der Waals surface area contributed by atoms with Gasteiger partial charge in [-0.3, -0.25) is 0 Å². The van der Waals surface area contributed by atoms with Crippen molar-refractivity contribution in [3.8, 4) is 0 Å². The number of aromatic nitrogens is 2. The predicted molar refractivity (Wildman–Crippen MR) is 49.7 cm³/mol. The highest BCUT2D eigenvalue weighted by Crippen LogP contribution is 2.10. The summed E-state index contributed by atoms with van der Waals surface area (Å²) in [5, 5.41) is 11.3. The smallest absolute Gasteiger partial charge is 0.159 e. The lowest BCUT2D eigenvalue weighted by molar-refractivity contribution is 0.316. The fourth-order valence-corrected chi connectivity index (χ4v) is 1.16. The van der Waals surface area contributed by atoms with Crippen molar-refractivity contribution < 1.29 is 5.21 Å². The summed E-state index contributed by atoms with van der Waals surface area (Å²) in [6, 6.07) is 0. The van der Waals surface area contributed by atoms with Gasteiger partial charge in [0.25, 0.3) is 0 Å². The minimum absolute atomic E-state index is 0.180. The second-order valence-electron chi connectivity index (χ2n) is 3.16. The van der Waals surface area contributed by atoms with Crippen LogP contribution >= 0.6 is 0 Å². The molecule has 0 amide bonds. The molecule has 0 aliphatic carbocycles. The summed E-state index contributed by atoms with van der Waals surface area (Å²) in [5.74, 6) is 1.45. The normalized spacial score (nSPS) is 12.4. The summed E-state index contributed by atoms with van der Waals surface area (Å²) < 4.78 is 1.86. The molecule has 0 atom stereocenters. The average molecular weight is 182 g/mol. The summed E-state index contributed by atoms with van der Waals surface area (Å²) >= 11 is 0. The molecule has 1 aromatic rings. The molecule has 0 aliphatic heterocycles. The molecule has 5 nitrogen and oxygen atoms in total. The van der Waals surface area contributed by atoms with Crippen molar-refractivity contribution >= 4 is 5.84 Å². The van der Waals surface area contributed by atoms with Crippen LogP contribution in [0, 0.1) is 0 Å². The van der Waals surface area contributed by atoms with Crippen molar-refractivity contribution in [1.29, 1.82) is 0 Å². The van der Waals surface area contributed by atoms with Crippen molar-refractivity contribution in [2.75, 3.05) is 0 Å². The second kappa shape index (κ2) is 3.93. The Hall–Kier alpha value is -1.52. The number of hydrogen-bond donors (Lipinski definition) is 2. The molecule has 3 N–H and O–H groups in total. The Kier molecular flexibility index (Phi) is 2.89. The van der Waals surface area contributed by atoms with Crippen LogP contribution in [0.25, 0.3) is 0 Å². The third kappa shape index (κ3) is 2.21. The topological polar surface area (TPSA) is 76.4 Å². The number of oxime groups is 1. The number of nitrogens with zero attached hydrogens (tertiary/aromatic N) is 3. The van der Waals surface area contributed by atoms with E-state index in [0.29, 0.717) is 12.5 Å². The van der Waals surface area contributed by atoms with Crippen molar-refractivity contribution in [1.82, 2.24) is 9.55 Å². The largest absolute Gasteiger partial charge is 0.409 e. The van der Waals surface area contributed by atoms with E-state index >= 15 is 0 Å². The summed E-state index contributed by atoms with van der Waals surface area (Å²) in [5.41, 5.74) is 5.38. The summed E-state index contributed by atoms with van der Waals surface area (Å²) in [7, 11) is 0. The van der Waals surface area contributed by atoms with Gasteiger partial charge < -0.3 is 15.5 Å². The average Bonchev–Trinajstić information content (AvgIpc) is 2.52. The lowest BCUT2D eigenvalue weighted by Crippen LogP contribution is -2.20. The van der Waals surface area contributed by atoms with E-state index in [4.69, 9.17) is 10.9 Å². The minimum atomic E-state index is 0.180. The maximum absolute atomic E-state index is 8.39. The Morgan fingerprint density at radius 2 is 2.46 bits per heavy atom. The molecule has 13 heavy (non-hydrogen) atoms. The van der Waals surface area contributed by atoms with Gasteiger partial charge in [-0.05, 0) is 0 Å². The van der Waals surface area contributed by atoms with Crippen molar-refractivity contribution in [3.05, 3.63) is 18.2 Å². The van der Waals surface area contributed by atoms with E-state index < -0.39 is 0 Å². The molecular formula is C8H14N4O. The molecule has 72 valence electrons. The van der Waals surface area contributed by atoms with Gasteiger partial charge in [-0.2, -0.15) is 0 Å². The third-order valence-corrected chi connectivity index (χ3v) is 1.72. The first kappa shape index (κ1) is 9.57. The van der Waals surface area contributed by atoms with Gasteiger partial charge in [-0.1, -0.05) is 19.0 Å². The van der Waals surface area contributed by atoms with E-state index in [1.807, 2.05) is 24.6 Å². The molecule has 1 rings (SSSR count). The van der Waals surface area contributed by atoms with Gasteiger partial charge in [0.05, 0.1) is 6.54 Å². The molecule has 5 heteroatoms. The monoisotopic (exact) mass is 182 g/mol. The molecule has 0 aliphatic rings. The van der Waals surface area contributed by atoms with Crippen LogP contribution in [0.3, 0.4) is 0 Å². The fraction of sp³-hybridized carbons (Fsp3) is 0.500. The second-order valence-corrected chi connectivity index (χ2v) is 3.16. The first-order valence-electron chi connectivity index (χ1n) is 4.12.